The molecule has 7 nitrogen and oxygen atoms in total. The molecule has 0 saturated carbocycles. The van der Waals surface area contributed by atoms with Gasteiger partial charge in [0.2, 0.25) is 11.4 Å². The first-order valence-corrected chi connectivity index (χ1v) is 8.46. The molecule has 0 bridgehead atoms. The summed E-state index contributed by atoms with van der Waals surface area (Å²) in [5.74, 6) is -1.26. The standard InChI is InChI=1S/C16H24BNO6/c1-14(8-9-17(22)23)12(20)18-16(13(21)24-15(14,16)2)11(19)10-6-4-3-5-7-10/h4,6,10-11,19,22-23H,3,5,7-9H2,1-2H3,(H,18,20)/t10-,11+,14+,15+,16+/m1/s1. The Morgan fingerprint density at radius 3 is 2.67 bits per heavy atom. The fourth-order valence-electron chi connectivity index (χ4n) is 4.42. The normalized spacial score (nSPS) is 42.0. The van der Waals surface area contributed by atoms with Crippen molar-refractivity contribution in [1.29, 1.82) is 0 Å². The molecule has 5 atom stereocenters. The fraction of sp³-hybridized carbons (Fsp3) is 0.750. The Balaban J connectivity index is 1.95. The summed E-state index contributed by atoms with van der Waals surface area (Å²) in [7, 11) is -1.55. The van der Waals surface area contributed by atoms with Gasteiger partial charge in [-0.2, -0.15) is 0 Å². The predicted octanol–water partition coefficient (Wildman–Crippen LogP) is -0.243. The lowest BCUT2D eigenvalue weighted by Crippen LogP contribution is -2.81. The van der Waals surface area contributed by atoms with Gasteiger partial charge in [0, 0.05) is 5.92 Å². The van der Waals surface area contributed by atoms with Crippen LogP contribution in [0.25, 0.3) is 0 Å². The third-order valence-corrected chi connectivity index (χ3v) is 6.28. The SMILES string of the molecule is C[C@@]12OC(=O)[C@]1([C@@H](O)[C@@H]1C=CCCC1)NC(=O)[C@]2(C)CCB(O)O. The van der Waals surface area contributed by atoms with E-state index in [0.29, 0.717) is 0 Å². The zero-order valence-electron chi connectivity index (χ0n) is 14.0. The minimum Gasteiger partial charge on any atom is -0.453 e. The van der Waals surface area contributed by atoms with Crippen molar-refractivity contribution in [2.45, 2.75) is 63.1 Å². The Morgan fingerprint density at radius 1 is 1.42 bits per heavy atom. The van der Waals surface area contributed by atoms with Gasteiger partial charge in [-0.3, -0.25) is 4.79 Å². The number of aliphatic hydroxyl groups excluding tert-OH is 1. The smallest absolute Gasteiger partial charge is 0.451 e. The molecule has 0 aromatic rings. The van der Waals surface area contributed by atoms with Crippen LogP contribution in [-0.4, -0.2) is 51.4 Å². The van der Waals surface area contributed by atoms with Crippen LogP contribution in [0.4, 0.5) is 0 Å². The first kappa shape index (κ1) is 17.4. The van der Waals surface area contributed by atoms with Gasteiger partial charge in [-0.05, 0) is 45.9 Å². The zero-order valence-corrected chi connectivity index (χ0v) is 14.0. The number of ether oxygens (including phenoxy) is 1. The highest BCUT2D eigenvalue weighted by molar-refractivity contribution is 6.41. The molecule has 2 aliphatic heterocycles. The monoisotopic (exact) mass is 337 g/mol. The Hall–Kier alpha value is -1.38. The van der Waals surface area contributed by atoms with E-state index < -0.39 is 41.7 Å². The molecule has 2 saturated heterocycles. The van der Waals surface area contributed by atoms with Crippen LogP contribution in [-0.2, 0) is 14.3 Å². The van der Waals surface area contributed by atoms with Crippen molar-refractivity contribution < 1.29 is 29.5 Å². The molecule has 1 amide bonds. The molecule has 2 fully saturated rings. The molecule has 24 heavy (non-hydrogen) atoms. The lowest BCUT2D eigenvalue weighted by molar-refractivity contribution is -0.249. The van der Waals surface area contributed by atoms with Gasteiger partial charge in [0.05, 0.1) is 11.5 Å². The summed E-state index contributed by atoms with van der Waals surface area (Å²) in [6.45, 7) is 3.29. The van der Waals surface area contributed by atoms with Gasteiger partial charge in [-0.15, -0.1) is 0 Å². The highest BCUT2D eigenvalue weighted by Crippen LogP contribution is 2.59. The summed E-state index contributed by atoms with van der Waals surface area (Å²) in [6, 6.07) is 0. The van der Waals surface area contributed by atoms with Crippen molar-refractivity contribution in [1.82, 2.24) is 5.32 Å². The van der Waals surface area contributed by atoms with Gasteiger partial charge in [-0.1, -0.05) is 12.2 Å². The second-order valence-electron chi connectivity index (χ2n) is 7.50. The number of hydrogen-bond donors (Lipinski definition) is 4. The number of hydrogen-bond acceptors (Lipinski definition) is 6. The number of fused-ring (bicyclic) bond motifs is 1. The van der Waals surface area contributed by atoms with E-state index in [-0.39, 0.29) is 18.7 Å². The topological polar surface area (TPSA) is 116 Å². The predicted molar refractivity (Wildman–Crippen MR) is 85.6 cm³/mol. The van der Waals surface area contributed by atoms with E-state index >= 15 is 0 Å². The molecule has 4 N–H and O–H groups in total. The fourth-order valence-corrected chi connectivity index (χ4v) is 4.42. The second-order valence-corrected chi connectivity index (χ2v) is 7.50. The Morgan fingerprint density at radius 2 is 2.12 bits per heavy atom. The molecule has 0 aromatic carbocycles. The van der Waals surface area contributed by atoms with Crippen LogP contribution >= 0.6 is 0 Å². The quantitative estimate of drug-likeness (QED) is 0.313. The molecule has 0 spiro atoms. The maximum atomic E-state index is 12.7. The Kier molecular flexibility index (Phi) is 4.05. The molecule has 0 unspecified atom stereocenters. The van der Waals surface area contributed by atoms with E-state index in [1.54, 1.807) is 13.8 Å². The summed E-state index contributed by atoms with van der Waals surface area (Å²) in [4.78, 5) is 25.1. The summed E-state index contributed by atoms with van der Waals surface area (Å²) >= 11 is 0. The number of esters is 1. The van der Waals surface area contributed by atoms with Crippen molar-refractivity contribution in [3.05, 3.63) is 12.2 Å². The molecular formula is C16H24BNO6. The number of aliphatic hydroxyl groups is 1. The van der Waals surface area contributed by atoms with Crippen molar-refractivity contribution in [3.8, 4) is 0 Å². The lowest BCUT2D eigenvalue weighted by atomic mass is 9.57. The minimum atomic E-state index is -1.55. The average Bonchev–Trinajstić information content (AvgIpc) is 2.69. The van der Waals surface area contributed by atoms with Crippen LogP contribution in [0.5, 0.6) is 0 Å². The third-order valence-electron chi connectivity index (χ3n) is 6.28. The van der Waals surface area contributed by atoms with Gasteiger partial charge in [0.1, 0.15) is 0 Å². The van der Waals surface area contributed by atoms with Gasteiger partial charge >= 0.3 is 13.1 Å². The number of allylic oxidation sites excluding steroid dienone is 1. The number of carbonyl (C=O) groups excluding carboxylic acids is 2. The maximum Gasteiger partial charge on any atom is 0.451 e. The van der Waals surface area contributed by atoms with Crippen molar-refractivity contribution in [3.63, 3.8) is 0 Å². The molecular weight excluding hydrogens is 313 g/mol. The Labute approximate surface area is 141 Å². The van der Waals surface area contributed by atoms with E-state index in [9.17, 15) is 14.7 Å². The van der Waals surface area contributed by atoms with Gasteiger partial charge in [0.15, 0.2) is 5.60 Å². The largest absolute Gasteiger partial charge is 0.453 e. The first-order chi connectivity index (χ1) is 11.2. The van der Waals surface area contributed by atoms with Gasteiger partial charge in [0.25, 0.3) is 0 Å². The van der Waals surface area contributed by atoms with E-state index in [1.165, 1.54) is 0 Å². The molecule has 2 heterocycles. The molecule has 0 radical (unpaired) electrons. The van der Waals surface area contributed by atoms with E-state index in [4.69, 9.17) is 14.8 Å². The van der Waals surface area contributed by atoms with Crippen LogP contribution in [0.1, 0.15) is 39.5 Å². The summed E-state index contributed by atoms with van der Waals surface area (Å²) in [5.41, 5.74) is -3.84. The van der Waals surface area contributed by atoms with E-state index in [1.807, 2.05) is 12.2 Å². The Bertz CT molecular complexity index is 595. The van der Waals surface area contributed by atoms with Crippen LogP contribution in [0, 0.1) is 11.3 Å². The molecule has 8 heteroatoms. The average molecular weight is 337 g/mol. The zero-order chi connectivity index (χ0) is 17.8. The number of rotatable bonds is 5. The van der Waals surface area contributed by atoms with Crippen LogP contribution in [0.2, 0.25) is 6.32 Å². The molecule has 0 aromatic heterocycles. The van der Waals surface area contributed by atoms with Crippen molar-refractivity contribution >= 4 is 19.0 Å². The summed E-state index contributed by atoms with van der Waals surface area (Å²) < 4.78 is 5.41. The molecule has 132 valence electrons. The highest BCUT2D eigenvalue weighted by Gasteiger charge is 2.83. The van der Waals surface area contributed by atoms with E-state index in [2.05, 4.69) is 5.32 Å². The third kappa shape index (κ3) is 2.03. The van der Waals surface area contributed by atoms with Crippen LogP contribution in [0.3, 0.4) is 0 Å². The molecule has 3 rings (SSSR count). The van der Waals surface area contributed by atoms with Gasteiger partial charge < -0.3 is 25.2 Å². The number of nitrogens with one attached hydrogen (secondary N) is 1. The maximum absolute atomic E-state index is 12.7. The first-order valence-electron chi connectivity index (χ1n) is 8.46. The van der Waals surface area contributed by atoms with Crippen LogP contribution < -0.4 is 5.32 Å². The van der Waals surface area contributed by atoms with Crippen LogP contribution in [0.15, 0.2) is 12.2 Å². The lowest BCUT2D eigenvalue weighted by Gasteiger charge is -2.57. The molecule has 3 aliphatic rings. The van der Waals surface area contributed by atoms with Gasteiger partial charge in [-0.25, -0.2) is 4.79 Å². The van der Waals surface area contributed by atoms with Crippen molar-refractivity contribution in [2.75, 3.05) is 0 Å². The number of carbonyl (C=O) groups is 2. The summed E-state index contributed by atoms with van der Waals surface area (Å²) in [6.07, 6.45) is 5.51. The number of amides is 1. The minimum absolute atomic E-state index is 0.0213. The highest BCUT2D eigenvalue weighted by atomic mass is 16.6. The van der Waals surface area contributed by atoms with E-state index in [0.717, 1.165) is 19.3 Å². The summed E-state index contributed by atoms with van der Waals surface area (Å²) in [5, 5.41) is 32.0. The molecule has 1 aliphatic carbocycles. The van der Waals surface area contributed by atoms with Crippen molar-refractivity contribution in [2.24, 2.45) is 11.3 Å². The second kappa shape index (κ2) is 5.57.